The molecule has 0 aromatic carbocycles. The van der Waals surface area contributed by atoms with E-state index in [9.17, 15) is 0 Å². The molecule has 0 aliphatic rings. The Morgan fingerprint density at radius 1 is 1.47 bits per heavy atom. The number of nitrogens with zero attached hydrogens (tertiary/aromatic N) is 2. The van der Waals surface area contributed by atoms with Crippen molar-refractivity contribution in [2.45, 2.75) is 0 Å². The van der Waals surface area contributed by atoms with Gasteiger partial charge in [0.1, 0.15) is 10.3 Å². The van der Waals surface area contributed by atoms with Gasteiger partial charge in [0.15, 0.2) is 0 Å². The van der Waals surface area contributed by atoms with E-state index in [4.69, 9.17) is 4.74 Å². The summed E-state index contributed by atoms with van der Waals surface area (Å²) in [5.74, 6) is 0.603. The Morgan fingerprint density at radius 2 is 2.13 bits per heavy atom. The van der Waals surface area contributed by atoms with Gasteiger partial charge in [-0.2, -0.15) is 4.98 Å². The first kappa shape index (κ1) is 12.4. The van der Waals surface area contributed by atoms with E-state index in [2.05, 4.69) is 31.2 Å². The minimum absolute atomic E-state index is 0.603. The van der Waals surface area contributed by atoms with Gasteiger partial charge in [0, 0.05) is 0 Å². The third kappa shape index (κ3) is 3.12. The van der Waals surface area contributed by atoms with Gasteiger partial charge in [-0.05, 0) is 36.1 Å². The van der Waals surface area contributed by atoms with Crippen molar-refractivity contribution in [3.63, 3.8) is 0 Å². The van der Waals surface area contributed by atoms with Gasteiger partial charge < -0.3 is 10.1 Å². The molecule has 0 bridgehead atoms. The number of hydrogen-bond acceptors (Lipinski definition) is 5. The number of rotatable bonds is 1. The number of fused-ring (bicyclic) bond motifs is 1. The fourth-order valence-corrected chi connectivity index (χ4v) is 2.00. The molecule has 2 heterocycles. The van der Waals surface area contributed by atoms with Crippen molar-refractivity contribution in [1.82, 2.24) is 15.3 Å². The molecular formula is C9H12BrN3OS. The van der Waals surface area contributed by atoms with E-state index in [0.717, 1.165) is 14.8 Å². The number of aromatic nitrogens is 2. The third-order valence-corrected chi connectivity index (χ3v) is 2.74. The monoisotopic (exact) mass is 289 g/mol. The second-order valence-corrected chi connectivity index (χ2v) is 4.34. The Hall–Kier alpha value is -0.720. The molecule has 2 rings (SSSR count). The first-order chi connectivity index (χ1) is 7.22. The minimum Gasteiger partial charge on any atom is -0.480 e. The van der Waals surface area contributed by atoms with Gasteiger partial charge in [-0.15, -0.1) is 11.3 Å². The highest BCUT2D eigenvalue weighted by Crippen LogP contribution is 2.27. The standard InChI is InChI=1S/C7H5BrN2OS.C2H7N/c1-11-6-4(8)2-5-7(10-6)12-3-9-5;1-3-2/h2-3H,1H3;3H,1-2H3. The summed E-state index contributed by atoms with van der Waals surface area (Å²) in [5.41, 5.74) is 2.66. The molecule has 0 amide bonds. The largest absolute Gasteiger partial charge is 0.480 e. The quantitative estimate of drug-likeness (QED) is 0.875. The van der Waals surface area contributed by atoms with Gasteiger partial charge in [-0.1, -0.05) is 0 Å². The maximum absolute atomic E-state index is 5.04. The molecule has 1 N–H and O–H groups in total. The van der Waals surface area contributed by atoms with Crippen LogP contribution in [-0.2, 0) is 0 Å². The topological polar surface area (TPSA) is 47.0 Å². The lowest BCUT2D eigenvalue weighted by molar-refractivity contribution is 0.397. The summed E-state index contributed by atoms with van der Waals surface area (Å²) >= 11 is 4.84. The van der Waals surface area contributed by atoms with Crippen LogP contribution in [0.25, 0.3) is 10.3 Å². The van der Waals surface area contributed by atoms with Crippen molar-refractivity contribution in [3.05, 3.63) is 16.0 Å². The van der Waals surface area contributed by atoms with E-state index in [1.54, 1.807) is 12.6 Å². The van der Waals surface area contributed by atoms with Crippen LogP contribution in [0.15, 0.2) is 16.0 Å². The van der Waals surface area contributed by atoms with Crippen LogP contribution in [0.3, 0.4) is 0 Å². The number of nitrogens with one attached hydrogen (secondary N) is 1. The zero-order chi connectivity index (χ0) is 11.3. The first-order valence-electron chi connectivity index (χ1n) is 4.25. The van der Waals surface area contributed by atoms with Gasteiger partial charge in [-0.3, -0.25) is 0 Å². The molecule has 15 heavy (non-hydrogen) atoms. The van der Waals surface area contributed by atoms with Crippen LogP contribution in [0, 0.1) is 0 Å². The molecule has 2 aromatic rings. The lowest BCUT2D eigenvalue weighted by Crippen LogP contribution is -1.89. The Bertz CT molecular complexity index is 432. The molecule has 4 nitrogen and oxygen atoms in total. The molecule has 0 radical (unpaired) electrons. The maximum atomic E-state index is 5.04. The summed E-state index contributed by atoms with van der Waals surface area (Å²) in [4.78, 5) is 9.26. The lowest BCUT2D eigenvalue weighted by Gasteiger charge is -1.99. The van der Waals surface area contributed by atoms with E-state index >= 15 is 0 Å². The lowest BCUT2D eigenvalue weighted by atomic mass is 10.4. The minimum atomic E-state index is 0.603. The maximum Gasteiger partial charge on any atom is 0.229 e. The van der Waals surface area contributed by atoms with Crippen LogP contribution in [0.4, 0.5) is 0 Å². The van der Waals surface area contributed by atoms with Crippen molar-refractivity contribution in [3.8, 4) is 5.88 Å². The predicted octanol–water partition coefficient (Wildman–Crippen LogP) is 2.30. The molecule has 0 unspecified atom stereocenters. The number of hydrogen-bond donors (Lipinski definition) is 1. The molecule has 0 saturated carbocycles. The van der Waals surface area contributed by atoms with Crippen LogP contribution < -0.4 is 10.1 Å². The molecule has 0 saturated heterocycles. The van der Waals surface area contributed by atoms with Gasteiger partial charge in [0.25, 0.3) is 0 Å². The van der Waals surface area contributed by atoms with Gasteiger partial charge >= 0.3 is 0 Å². The number of ether oxygens (including phenoxy) is 1. The molecule has 6 heteroatoms. The van der Waals surface area contributed by atoms with Crippen LogP contribution in [-0.4, -0.2) is 31.2 Å². The van der Waals surface area contributed by atoms with E-state index in [-0.39, 0.29) is 0 Å². The fourth-order valence-electron chi connectivity index (χ4n) is 0.902. The molecule has 0 spiro atoms. The van der Waals surface area contributed by atoms with Crippen LogP contribution in [0.5, 0.6) is 5.88 Å². The molecule has 0 atom stereocenters. The van der Waals surface area contributed by atoms with E-state index in [1.807, 2.05) is 20.2 Å². The zero-order valence-corrected chi connectivity index (χ0v) is 11.1. The summed E-state index contributed by atoms with van der Waals surface area (Å²) in [5, 5.41) is 2.75. The zero-order valence-electron chi connectivity index (χ0n) is 8.74. The van der Waals surface area contributed by atoms with Crippen molar-refractivity contribution < 1.29 is 4.74 Å². The van der Waals surface area contributed by atoms with Crippen LogP contribution in [0.1, 0.15) is 0 Å². The highest BCUT2D eigenvalue weighted by molar-refractivity contribution is 9.10. The average molecular weight is 290 g/mol. The predicted molar refractivity (Wildman–Crippen MR) is 66.7 cm³/mol. The fraction of sp³-hybridized carbons (Fsp3) is 0.333. The van der Waals surface area contributed by atoms with Crippen molar-refractivity contribution in [1.29, 1.82) is 0 Å². The molecule has 82 valence electrons. The summed E-state index contributed by atoms with van der Waals surface area (Å²) in [7, 11) is 5.35. The highest BCUT2D eigenvalue weighted by atomic mass is 79.9. The normalized spacial score (nSPS) is 9.60. The van der Waals surface area contributed by atoms with E-state index < -0.39 is 0 Å². The SMILES string of the molecule is CNC.COc1nc2scnc2cc1Br. The first-order valence-corrected chi connectivity index (χ1v) is 5.92. The number of halogens is 1. The number of pyridine rings is 1. The second-order valence-electron chi connectivity index (χ2n) is 2.66. The van der Waals surface area contributed by atoms with Crippen LogP contribution in [0.2, 0.25) is 0 Å². The molecule has 0 aliphatic heterocycles. The Labute approximate surface area is 101 Å². The van der Waals surface area contributed by atoms with Gasteiger partial charge in [-0.25, -0.2) is 4.98 Å². The Balaban J connectivity index is 0.000000337. The molecule has 0 fully saturated rings. The van der Waals surface area contributed by atoms with E-state index in [1.165, 1.54) is 11.3 Å². The summed E-state index contributed by atoms with van der Waals surface area (Å²) in [6.07, 6.45) is 0. The smallest absolute Gasteiger partial charge is 0.229 e. The van der Waals surface area contributed by atoms with Crippen molar-refractivity contribution in [2.24, 2.45) is 0 Å². The molecule has 0 aliphatic carbocycles. The Morgan fingerprint density at radius 3 is 2.73 bits per heavy atom. The summed E-state index contributed by atoms with van der Waals surface area (Å²) in [6.45, 7) is 0. The summed E-state index contributed by atoms with van der Waals surface area (Å²) < 4.78 is 5.88. The number of methoxy groups -OCH3 is 1. The van der Waals surface area contributed by atoms with E-state index in [0.29, 0.717) is 5.88 Å². The molecule has 2 aromatic heterocycles. The second kappa shape index (κ2) is 5.99. The molecular weight excluding hydrogens is 278 g/mol. The average Bonchev–Trinajstić information content (AvgIpc) is 2.64. The van der Waals surface area contributed by atoms with Crippen molar-refractivity contribution in [2.75, 3.05) is 21.2 Å². The highest BCUT2D eigenvalue weighted by Gasteiger charge is 2.05. The third-order valence-electron chi connectivity index (χ3n) is 1.44. The van der Waals surface area contributed by atoms with Gasteiger partial charge in [0.2, 0.25) is 5.88 Å². The van der Waals surface area contributed by atoms with Gasteiger partial charge in [0.05, 0.1) is 17.1 Å². The van der Waals surface area contributed by atoms with Crippen LogP contribution >= 0.6 is 27.3 Å². The Kier molecular flexibility index (Phi) is 4.93. The number of thiazole rings is 1. The summed E-state index contributed by atoms with van der Waals surface area (Å²) in [6, 6.07) is 1.90. The van der Waals surface area contributed by atoms with Crippen molar-refractivity contribution >= 4 is 37.6 Å².